The molecule has 0 unspecified atom stereocenters. The molecule has 37 heavy (non-hydrogen) atoms. The van der Waals surface area contributed by atoms with Gasteiger partial charge in [-0.3, -0.25) is 9.69 Å². The number of likely N-dealkylation sites (N-methyl/N-ethyl adjacent to an activating group) is 1. The molecule has 2 aliphatic heterocycles. The van der Waals surface area contributed by atoms with E-state index in [-0.39, 0.29) is 5.91 Å². The zero-order valence-corrected chi connectivity index (χ0v) is 23.0. The van der Waals surface area contributed by atoms with Crippen LogP contribution in [-0.4, -0.2) is 36.2 Å². The number of hydrogen-bond donors (Lipinski definition) is 0. The molecule has 2 aliphatic rings. The quantitative estimate of drug-likeness (QED) is 0.311. The van der Waals surface area contributed by atoms with Gasteiger partial charge >= 0.3 is 0 Å². The molecule has 3 aromatic carbocycles. The number of rotatable bonds is 6. The molecule has 188 valence electrons. The normalized spacial score (nSPS) is 18.6. The van der Waals surface area contributed by atoms with Crippen LogP contribution in [0.3, 0.4) is 0 Å². The third-order valence-corrected chi connectivity index (χ3v) is 8.48. The second-order valence-electron chi connectivity index (χ2n) is 8.65. The number of carbonyl (C=O) groups excluding carboxylic acids is 1. The number of carbonyl (C=O) groups is 1. The highest BCUT2D eigenvalue weighted by molar-refractivity contribution is 8.18. The third-order valence-electron chi connectivity index (χ3n) is 6.29. The minimum atomic E-state index is -0.0145. The molecule has 3 aromatic rings. The minimum Gasteiger partial charge on any atom is -0.497 e. The van der Waals surface area contributed by atoms with E-state index in [2.05, 4.69) is 49.1 Å². The van der Waals surface area contributed by atoms with Gasteiger partial charge in [0.25, 0.3) is 5.91 Å². The minimum absolute atomic E-state index is 0.0145. The Hall–Kier alpha value is -3.42. The van der Waals surface area contributed by atoms with Crippen molar-refractivity contribution in [2.45, 2.75) is 25.7 Å². The Labute approximate surface area is 226 Å². The molecule has 7 heteroatoms. The van der Waals surface area contributed by atoms with Crippen molar-refractivity contribution in [2.75, 3.05) is 25.1 Å². The van der Waals surface area contributed by atoms with Crippen molar-refractivity contribution in [3.63, 3.8) is 0 Å². The topological polar surface area (TPSA) is 45.1 Å². The van der Waals surface area contributed by atoms with Gasteiger partial charge < -0.3 is 9.64 Å². The summed E-state index contributed by atoms with van der Waals surface area (Å²) in [6, 6.07) is 24.4. The number of allylic oxidation sites excluding steroid dienone is 2. The maximum atomic E-state index is 13.7. The van der Waals surface area contributed by atoms with E-state index in [0.717, 1.165) is 44.7 Å². The Morgan fingerprint density at radius 2 is 1.68 bits per heavy atom. The summed E-state index contributed by atoms with van der Waals surface area (Å²) < 4.78 is 5.45. The lowest BCUT2D eigenvalue weighted by molar-refractivity contribution is -0.122. The molecule has 5 nitrogen and oxygen atoms in total. The lowest BCUT2D eigenvalue weighted by Crippen LogP contribution is -2.28. The first-order valence-electron chi connectivity index (χ1n) is 12.3. The summed E-state index contributed by atoms with van der Waals surface area (Å²) in [7, 11) is 1.69. The van der Waals surface area contributed by atoms with Crippen molar-refractivity contribution in [2.24, 2.45) is 4.99 Å². The van der Waals surface area contributed by atoms with E-state index in [1.165, 1.54) is 17.3 Å². The number of amidine groups is 1. The third kappa shape index (κ3) is 5.06. The van der Waals surface area contributed by atoms with Gasteiger partial charge in [0, 0.05) is 23.6 Å². The second-order valence-corrected chi connectivity index (χ2v) is 10.7. The summed E-state index contributed by atoms with van der Waals surface area (Å²) in [5.41, 5.74) is 5.08. The lowest BCUT2D eigenvalue weighted by Gasteiger charge is -2.19. The largest absolute Gasteiger partial charge is 0.497 e. The molecular formula is C30H29N3O2S2. The van der Waals surface area contributed by atoms with E-state index in [1.54, 1.807) is 23.8 Å². The number of anilines is 1. The summed E-state index contributed by atoms with van der Waals surface area (Å²) in [6.07, 6.45) is 2.15. The van der Waals surface area contributed by atoms with Gasteiger partial charge in [-0.05, 0) is 74.5 Å². The molecule has 0 bridgehead atoms. The Morgan fingerprint density at radius 1 is 0.946 bits per heavy atom. The van der Waals surface area contributed by atoms with Crippen molar-refractivity contribution < 1.29 is 9.53 Å². The van der Waals surface area contributed by atoms with Gasteiger partial charge in [-0.2, -0.15) is 0 Å². The first-order valence-corrected chi connectivity index (χ1v) is 14.0. The second kappa shape index (κ2) is 10.9. The molecule has 1 amide bonds. The fourth-order valence-corrected chi connectivity index (χ4v) is 6.67. The summed E-state index contributed by atoms with van der Waals surface area (Å²) in [6.45, 7) is 7.56. The van der Waals surface area contributed by atoms with Crippen LogP contribution in [0.15, 0.2) is 98.7 Å². The Bertz CT molecular complexity index is 1410. The van der Waals surface area contributed by atoms with E-state index in [1.807, 2.05) is 55.5 Å². The van der Waals surface area contributed by atoms with Crippen molar-refractivity contribution >= 4 is 51.5 Å². The summed E-state index contributed by atoms with van der Waals surface area (Å²) in [4.78, 5) is 24.5. The van der Waals surface area contributed by atoms with Crippen LogP contribution < -0.4 is 9.64 Å². The van der Waals surface area contributed by atoms with Gasteiger partial charge in [0.1, 0.15) is 5.75 Å². The zero-order valence-electron chi connectivity index (χ0n) is 21.4. The van der Waals surface area contributed by atoms with Crippen LogP contribution in [0.4, 0.5) is 11.4 Å². The monoisotopic (exact) mass is 527 g/mol. The Kier molecular flexibility index (Phi) is 7.44. The van der Waals surface area contributed by atoms with Crippen molar-refractivity contribution in [1.82, 2.24) is 4.90 Å². The van der Waals surface area contributed by atoms with Crippen LogP contribution >= 0.6 is 23.5 Å². The van der Waals surface area contributed by atoms with Gasteiger partial charge in [0.05, 0.1) is 28.4 Å². The Morgan fingerprint density at radius 3 is 2.35 bits per heavy atom. The number of nitrogens with zero attached hydrogens (tertiary/aromatic N) is 3. The average Bonchev–Trinajstić information content (AvgIpc) is 3.43. The van der Waals surface area contributed by atoms with Crippen LogP contribution in [-0.2, 0) is 4.79 Å². The van der Waals surface area contributed by atoms with E-state index in [0.29, 0.717) is 16.6 Å². The number of amides is 1. The van der Waals surface area contributed by atoms with E-state index in [9.17, 15) is 4.79 Å². The molecule has 0 N–H and O–H groups in total. The number of ether oxygens (including phenoxy) is 1. The number of methoxy groups -OCH3 is 1. The number of aliphatic imine (C=N–C) groups is 1. The lowest BCUT2D eigenvalue weighted by atomic mass is 10.0. The number of fused-ring (bicyclic) bond motifs is 1. The highest BCUT2D eigenvalue weighted by Gasteiger charge is 2.35. The van der Waals surface area contributed by atoms with Crippen LogP contribution in [0.25, 0.3) is 5.57 Å². The van der Waals surface area contributed by atoms with Gasteiger partial charge in [-0.25, -0.2) is 4.99 Å². The zero-order chi connectivity index (χ0) is 25.9. The number of hydrogen-bond acceptors (Lipinski definition) is 6. The van der Waals surface area contributed by atoms with Crippen LogP contribution in [0.2, 0.25) is 0 Å². The van der Waals surface area contributed by atoms with E-state index >= 15 is 0 Å². The molecule has 0 radical (unpaired) electrons. The van der Waals surface area contributed by atoms with Gasteiger partial charge in [-0.1, -0.05) is 59.8 Å². The fourth-order valence-electron chi connectivity index (χ4n) is 4.33. The Balaban J connectivity index is 1.61. The first kappa shape index (κ1) is 25.2. The van der Waals surface area contributed by atoms with Crippen LogP contribution in [0.1, 0.15) is 25.0 Å². The highest BCUT2D eigenvalue weighted by atomic mass is 32.2. The SMILES string of the molecule is CCN1C(=O)/C(=C(\C=C2/Sc3cc(OC)ccc3N2CC)c2ccccc2)SC1=Nc1ccc(C)cc1. The molecular weight excluding hydrogens is 498 g/mol. The van der Waals surface area contributed by atoms with Gasteiger partial charge in [0.2, 0.25) is 0 Å². The number of benzene rings is 3. The molecule has 0 saturated carbocycles. The van der Waals surface area contributed by atoms with E-state index < -0.39 is 0 Å². The molecule has 2 heterocycles. The molecule has 5 rings (SSSR count). The van der Waals surface area contributed by atoms with Crippen LogP contribution in [0.5, 0.6) is 5.75 Å². The molecule has 0 aliphatic carbocycles. The van der Waals surface area contributed by atoms with Gasteiger partial charge in [0.15, 0.2) is 5.17 Å². The summed E-state index contributed by atoms with van der Waals surface area (Å²) >= 11 is 3.15. The smallest absolute Gasteiger partial charge is 0.267 e. The van der Waals surface area contributed by atoms with Crippen molar-refractivity contribution in [3.05, 3.63) is 99.9 Å². The van der Waals surface area contributed by atoms with Crippen molar-refractivity contribution in [3.8, 4) is 5.75 Å². The standard InChI is InChI=1S/C30H29N3O2S2/c1-5-32-25-17-16-23(35-4)18-26(25)36-27(32)19-24(21-10-8-7-9-11-21)28-29(34)33(6-2)30(37-28)31-22-14-12-20(3)13-15-22/h7-19H,5-6H2,1-4H3/b27-19-,28-24-,31-30?. The molecule has 1 saturated heterocycles. The predicted molar refractivity (Wildman–Crippen MR) is 157 cm³/mol. The first-order chi connectivity index (χ1) is 18.0. The highest BCUT2D eigenvalue weighted by Crippen LogP contribution is 2.49. The molecule has 0 atom stereocenters. The number of thioether (sulfide) groups is 2. The van der Waals surface area contributed by atoms with Crippen molar-refractivity contribution in [1.29, 1.82) is 0 Å². The van der Waals surface area contributed by atoms with E-state index in [4.69, 9.17) is 9.73 Å². The molecule has 1 fully saturated rings. The summed E-state index contributed by atoms with van der Waals surface area (Å²) in [5.74, 6) is 0.821. The summed E-state index contributed by atoms with van der Waals surface area (Å²) in [5, 5.41) is 1.79. The average molecular weight is 528 g/mol. The maximum absolute atomic E-state index is 13.7. The van der Waals surface area contributed by atoms with Crippen LogP contribution in [0, 0.1) is 6.92 Å². The maximum Gasteiger partial charge on any atom is 0.267 e. The molecule has 0 spiro atoms. The predicted octanol–water partition coefficient (Wildman–Crippen LogP) is 7.47. The number of aryl methyl sites for hydroxylation is 1. The molecule has 0 aromatic heterocycles. The fraction of sp³-hybridized carbons (Fsp3) is 0.200. The van der Waals surface area contributed by atoms with Gasteiger partial charge in [-0.15, -0.1) is 0 Å².